The Hall–Kier alpha value is -1.88. The molecule has 0 radical (unpaired) electrons. The van der Waals surface area contributed by atoms with E-state index < -0.39 is 5.54 Å². The van der Waals surface area contributed by atoms with Gasteiger partial charge in [0.1, 0.15) is 5.54 Å². The molecule has 1 heterocycles. The van der Waals surface area contributed by atoms with Crippen LogP contribution in [0.15, 0.2) is 30.3 Å². The Morgan fingerprint density at radius 3 is 2.56 bits per heavy atom. The lowest BCUT2D eigenvalue weighted by Crippen LogP contribution is -2.46. The largest absolute Gasteiger partial charge is 0.329 e. The maximum absolute atomic E-state index is 12.2. The van der Waals surface area contributed by atoms with Crippen LogP contribution in [0.25, 0.3) is 0 Å². The zero-order valence-corrected chi connectivity index (χ0v) is 10.3. The van der Waals surface area contributed by atoms with Gasteiger partial charge in [-0.05, 0) is 12.5 Å². The minimum Gasteiger partial charge on any atom is -0.329 e. The molecule has 2 rings (SSSR count). The van der Waals surface area contributed by atoms with E-state index in [0.29, 0.717) is 6.42 Å². The van der Waals surface area contributed by atoms with Gasteiger partial charge in [-0.2, -0.15) is 0 Å². The van der Waals surface area contributed by atoms with Gasteiger partial charge in [-0.3, -0.25) is 9.69 Å². The zero-order chi connectivity index (χ0) is 13.2. The number of rotatable bonds is 4. The summed E-state index contributed by atoms with van der Waals surface area (Å²) in [6.07, 6.45) is 0.486. The van der Waals surface area contributed by atoms with Gasteiger partial charge in [0.05, 0.1) is 0 Å². The molecule has 1 aromatic carbocycles. The molecule has 3 N–H and O–H groups in total. The number of carbonyl (C=O) groups is 2. The molecule has 1 aromatic rings. The number of urea groups is 1. The Bertz CT molecular complexity index is 461. The Kier molecular flexibility index (Phi) is 3.34. The van der Waals surface area contributed by atoms with Crippen LogP contribution in [0.2, 0.25) is 0 Å². The number of hydrogen-bond donors (Lipinski definition) is 2. The fraction of sp³-hybridized carbons (Fsp3) is 0.385. The number of benzene rings is 1. The summed E-state index contributed by atoms with van der Waals surface area (Å²) >= 11 is 0. The lowest BCUT2D eigenvalue weighted by molar-refractivity contribution is -0.130. The van der Waals surface area contributed by atoms with Crippen LogP contribution in [0.3, 0.4) is 0 Å². The quantitative estimate of drug-likeness (QED) is 0.761. The first-order valence-corrected chi connectivity index (χ1v) is 5.95. The third kappa shape index (κ3) is 2.22. The average Bonchev–Trinajstić information content (AvgIpc) is 2.54. The summed E-state index contributed by atoms with van der Waals surface area (Å²) in [5, 5.41) is 2.75. The van der Waals surface area contributed by atoms with Crippen LogP contribution in [0.1, 0.15) is 12.5 Å². The molecule has 0 saturated carbocycles. The second-order valence-electron chi connectivity index (χ2n) is 4.67. The minimum absolute atomic E-state index is 0.207. The van der Waals surface area contributed by atoms with E-state index in [-0.39, 0.29) is 25.0 Å². The summed E-state index contributed by atoms with van der Waals surface area (Å²) < 4.78 is 0. The van der Waals surface area contributed by atoms with Gasteiger partial charge in [0.2, 0.25) is 0 Å². The van der Waals surface area contributed by atoms with Gasteiger partial charge in [-0.25, -0.2) is 4.79 Å². The SMILES string of the molecule is CC1(Cc2ccccc2)NC(=O)N(CCN)C1=O. The first kappa shape index (κ1) is 12.6. The third-order valence-electron chi connectivity index (χ3n) is 3.10. The van der Waals surface area contributed by atoms with Crippen LogP contribution >= 0.6 is 0 Å². The Labute approximate surface area is 106 Å². The van der Waals surface area contributed by atoms with Crippen molar-refractivity contribution in [3.63, 3.8) is 0 Å². The standard InChI is InChI=1S/C13H17N3O2/c1-13(9-10-5-3-2-4-6-10)11(17)16(8-7-14)12(18)15-13/h2-6H,7-9,14H2,1H3,(H,15,18). The maximum Gasteiger partial charge on any atom is 0.325 e. The molecular weight excluding hydrogens is 230 g/mol. The van der Waals surface area contributed by atoms with Crippen molar-refractivity contribution in [1.29, 1.82) is 0 Å². The molecule has 1 aliphatic heterocycles. The van der Waals surface area contributed by atoms with Crippen molar-refractivity contribution >= 4 is 11.9 Å². The summed E-state index contributed by atoms with van der Waals surface area (Å²) in [4.78, 5) is 25.1. The molecule has 0 aliphatic carbocycles. The van der Waals surface area contributed by atoms with Crippen LogP contribution in [0.4, 0.5) is 4.79 Å². The number of amides is 3. The third-order valence-corrected chi connectivity index (χ3v) is 3.10. The molecular formula is C13H17N3O2. The molecule has 5 nitrogen and oxygen atoms in total. The number of carbonyl (C=O) groups excluding carboxylic acids is 2. The first-order chi connectivity index (χ1) is 8.57. The van der Waals surface area contributed by atoms with Gasteiger partial charge in [0.15, 0.2) is 0 Å². The molecule has 1 saturated heterocycles. The zero-order valence-electron chi connectivity index (χ0n) is 10.3. The number of imide groups is 1. The van der Waals surface area contributed by atoms with Crippen molar-refractivity contribution in [2.24, 2.45) is 5.73 Å². The molecule has 0 spiro atoms. The Balaban J connectivity index is 2.17. The first-order valence-electron chi connectivity index (χ1n) is 5.95. The molecule has 1 atom stereocenters. The van der Waals surface area contributed by atoms with E-state index in [2.05, 4.69) is 5.32 Å². The van der Waals surface area contributed by atoms with Crippen molar-refractivity contribution in [2.45, 2.75) is 18.9 Å². The Morgan fingerprint density at radius 2 is 1.94 bits per heavy atom. The fourth-order valence-corrected chi connectivity index (χ4v) is 2.20. The predicted molar refractivity (Wildman–Crippen MR) is 67.9 cm³/mol. The van der Waals surface area contributed by atoms with Gasteiger partial charge < -0.3 is 11.1 Å². The molecule has 18 heavy (non-hydrogen) atoms. The van der Waals surface area contributed by atoms with Crippen LogP contribution in [-0.2, 0) is 11.2 Å². The number of nitrogens with two attached hydrogens (primary N) is 1. The van der Waals surface area contributed by atoms with Crippen LogP contribution in [0, 0.1) is 0 Å². The van der Waals surface area contributed by atoms with E-state index in [1.54, 1.807) is 6.92 Å². The smallest absolute Gasteiger partial charge is 0.325 e. The van der Waals surface area contributed by atoms with E-state index in [1.807, 2.05) is 30.3 Å². The normalized spacial score (nSPS) is 23.3. The van der Waals surface area contributed by atoms with E-state index in [1.165, 1.54) is 4.90 Å². The summed E-state index contributed by atoms with van der Waals surface area (Å²) in [7, 11) is 0. The second-order valence-corrected chi connectivity index (χ2v) is 4.67. The fourth-order valence-electron chi connectivity index (χ4n) is 2.20. The predicted octanol–water partition coefficient (Wildman–Crippen LogP) is 0.498. The minimum atomic E-state index is -0.867. The van der Waals surface area contributed by atoms with Gasteiger partial charge >= 0.3 is 6.03 Å². The van der Waals surface area contributed by atoms with Crippen molar-refractivity contribution in [3.05, 3.63) is 35.9 Å². The number of nitrogens with zero attached hydrogens (tertiary/aromatic N) is 1. The highest BCUT2D eigenvalue weighted by Crippen LogP contribution is 2.21. The topological polar surface area (TPSA) is 75.4 Å². The monoisotopic (exact) mass is 247 g/mol. The summed E-state index contributed by atoms with van der Waals surface area (Å²) in [6, 6.07) is 9.27. The van der Waals surface area contributed by atoms with Crippen LogP contribution in [-0.4, -0.2) is 35.5 Å². The summed E-state index contributed by atoms with van der Waals surface area (Å²) in [6.45, 7) is 2.28. The lowest BCUT2D eigenvalue weighted by Gasteiger charge is -2.21. The molecule has 96 valence electrons. The van der Waals surface area contributed by atoms with Crippen LogP contribution < -0.4 is 11.1 Å². The van der Waals surface area contributed by atoms with Crippen molar-refractivity contribution in [1.82, 2.24) is 10.2 Å². The van der Waals surface area contributed by atoms with Crippen molar-refractivity contribution < 1.29 is 9.59 Å². The van der Waals surface area contributed by atoms with E-state index >= 15 is 0 Å². The number of nitrogens with one attached hydrogen (secondary N) is 1. The second kappa shape index (κ2) is 4.78. The highest BCUT2D eigenvalue weighted by Gasteiger charge is 2.47. The highest BCUT2D eigenvalue weighted by atomic mass is 16.2. The molecule has 0 bridgehead atoms. The summed E-state index contributed by atoms with van der Waals surface area (Å²) in [5.74, 6) is -0.207. The molecule has 1 fully saturated rings. The number of hydrogen-bond acceptors (Lipinski definition) is 3. The van der Waals surface area contributed by atoms with Gasteiger partial charge in [-0.1, -0.05) is 30.3 Å². The van der Waals surface area contributed by atoms with Crippen LogP contribution in [0.5, 0.6) is 0 Å². The maximum atomic E-state index is 12.2. The Morgan fingerprint density at radius 1 is 1.28 bits per heavy atom. The van der Waals surface area contributed by atoms with Gasteiger partial charge in [-0.15, -0.1) is 0 Å². The van der Waals surface area contributed by atoms with E-state index in [0.717, 1.165) is 5.56 Å². The molecule has 3 amide bonds. The van der Waals surface area contributed by atoms with Gasteiger partial charge in [0, 0.05) is 19.5 Å². The van der Waals surface area contributed by atoms with Crippen molar-refractivity contribution in [2.75, 3.05) is 13.1 Å². The molecule has 0 aromatic heterocycles. The van der Waals surface area contributed by atoms with Gasteiger partial charge in [0.25, 0.3) is 5.91 Å². The van der Waals surface area contributed by atoms with Crippen molar-refractivity contribution in [3.8, 4) is 0 Å². The van der Waals surface area contributed by atoms with E-state index in [4.69, 9.17) is 5.73 Å². The molecule has 1 unspecified atom stereocenters. The summed E-state index contributed by atoms with van der Waals surface area (Å²) in [5.41, 5.74) is 5.55. The highest BCUT2D eigenvalue weighted by molar-refractivity contribution is 6.06. The lowest BCUT2D eigenvalue weighted by atomic mass is 9.93. The van der Waals surface area contributed by atoms with E-state index in [9.17, 15) is 9.59 Å². The molecule has 5 heteroatoms. The average molecular weight is 247 g/mol. The molecule has 1 aliphatic rings.